The number of terminal acetylenes is 1. The fourth-order valence-corrected chi connectivity index (χ4v) is 3.60. The largest absolute Gasteiger partial charge is 0.478 e. The Morgan fingerprint density at radius 2 is 1.66 bits per heavy atom. The summed E-state index contributed by atoms with van der Waals surface area (Å²) in [6.45, 7) is 0.340. The predicted molar refractivity (Wildman–Crippen MR) is 123 cm³/mol. The van der Waals surface area contributed by atoms with Crippen molar-refractivity contribution in [3.8, 4) is 29.2 Å². The summed E-state index contributed by atoms with van der Waals surface area (Å²) in [5.41, 5.74) is 3.06. The summed E-state index contributed by atoms with van der Waals surface area (Å²) < 4.78 is 3.02. The summed E-state index contributed by atoms with van der Waals surface area (Å²) in [5.74, 6) is 2.26. The molecule has 0 bridgehead atoms. The van der Waals surface area contributed by atoms with E-state index >= 15 is 0 Å². The number of aromatic nitrogens is 3. The van der Waals surface area contributed by atoms with Crippen molar-refractivity contribution in [2.24, 2.45) is 0 Å². The zero-order valence-corrected chi connectivity index (χ0v) is 17.3. The molecule has 6 nitrogen and oxygen atoms in total. The summed E-state index contributed by atoms with van der Waals surface area (Å²) in [5, 5.41) is 14.0. The van der Waals surface area contributed by atoms with Crippen LogP contribution in [0.5, 0.6) is 0 Å². The van der Waals surface area contributed by atoms with E-state index in [2.05, 4.69) is 11.0 Å². The summed E-state index contributed by atoms with van der Waals surface area (Å²) in [6, 6.07) is 23.7. The fraction of sp³-hybridized carbons (Fsp3) is 0.115. The van der Waals surface area contributed by atoms with Crippen LogP contribution in [0.25, 0.3) is 16.8 Å². The van der Waals surface area contributed by atoms with Crippen molar-refractivity contribution in [1.82, 2.24) is 14.3 Å². The van der Waals surface area contributed by atoms with Gasteiger partial charge >= 0.3 is 11.7 Å². The molecule has 6 heteroatoms. The van der Waals surface area contributed by atoms with Crippen LogP contribution in [0.15, 0.2) is 83.7 Å². The first-order valence-corrected chi connectivity index (χ1v) is 10.2. The molecule has 0 unspecified atom stereocenters. The van der Waals surface area contributed by atoms with Crippen molar-refractivity contribution in [2.45, 2.75) is 19.4 Å². The molecule has 0 aliphatic carbocycles. The van der Waals surface area contributed by atoms with Crippen molar-refractivity contribution < 1.29 is 9.90 Å². The number of carbonyl (C=O) groups is 1. The average Bonchev–Trinajstić information content (AvgIpc) is 3.14. The van der Waals surface area contributed by atoms with E-state index in [1.165, 1.54) is 4.68 Å². The maximum Gasteiger partial charge on any atom is 0.351 e. The molecule has 0 saturated carbocycles. The lowest BCUT2D eigenvalue weighted by molar-refractivity contribution is 0.0697. The molecule has 0 aliphatic rings. The second-order valence-electron chi connectivity index (χ2n) is 7.28. The number of hydrogen-bond donors (Lipinski definition) is 1. The van der Waals surface area contributed by atoms with Gasteiger partial charge in [-0.25, -0.2) is 9.59 Å². The minimum absolute atomic E-state index is 0.233. The van der Waals surface area contributed by atoms with Gasteiger partial charge in [-0.05, 0) is 34.9 Å². The molecule has 3 aromatic carbocycles. The van der Waals surface area contributed by atoms with E-state index < -0.39 is 5.97 Å². The van der Waals surface area contributed by atoms with Crippen LogP contribution in [0.4, 0.5) is 0 Å². The monoisotopic (exact) mass is 423 g/mol. The summed E-state index contributed by atoms with van der Waals surface area (Å²) >= 11 is 0. The van der Waals surface area contributed by atoms with Crippen LogP contribution in [0, 0.1) is 12.3 Å². The molecule has 0 spiro atoms. The van der Waals surface area contributed by atoms with Gasteiger partial charge in [0.15, 0.2) is 0 Å². The van der Waals surface area contributed by atoms with Crippen LogP contribution in [-0.2, 0) is 13.0 Å². The molecular weight excluding hydrogens is 402 g/mol. The maximum absolute atomic E-state index is 13.1. The number of rotatable bonds is 7. The number of aromatic carboxylic acids is 1. The predicted octanol–water partition coefficient (Wildman–Crippen LogP) is 4.01. The van der Waals surface area contributed by atoms with Gasteiger partial charge in [0.1, 0.15) is 5.82 Å². The first kappa shape index (κ1) is 20.9. The molecular formula is C26H21N3O3. The molecule has 0 amide bonds. The Balaban J connectivity index is 1.67. The third-order valence-corrected chi connectivity index (χ3v) is 5.20. The highest BCUT2D eigenvalue weighted by Gasteiger charge is 2.15. The second-order valence-corrected chi connectivity index (χ2v) is 7.28. The van der Waals surface area contributed by atoms with Crippen LogP contribution in [0.1, 0.15) is 28.2 Å². The van der Waals surface area contributed by atoms with Gasteiger partial charge < -0.3 is 5.11 Å². The molecule has 0 aliphatic heterocycles. The van der Waals surface area contributed by atoms with Crippen molar-refractivity contribution >= 4 is 5.97 Å². The molecule has 158 valence electrons. The number of carboxylic acid groups (broad SMARTS) is 1. The molecule has 0 fully saturated rings. The molecule has 1 aromatic heterocycles. The van der Waals surface area contributed by atoms with Crippen LogP contribution in [0.3, 0.4) is 0 Å². The number of nitrogens with zero attached hydrogens (tertiary/aromatic N) is 3. The molecule has 1 N–H and O–H groups in total. The third kappa shape index (κ3) is 4.23. The van der Waals surface area contributed by atoms with E-state index in [0.29, 0.717) is 36.5 Å². The van der Waals surface area contributed by atoms with E-state index in [-0.39, 0.29) is 11.3 Å². The Bertz CT molecular complexity index is 1340. The summed E-state index contributed by atoms with van der Waals surface area (Å²) in [4.78, 5) is 24.6. The lowest BCUT2D eigenvalue weighted by atomic mass is 9.99. The SMILES string of the molecule is C#CCCc1nn(-c2ccccc2)c(=O)n1Cc1ccc(-c2ccccc2C(=O)O)cc1. The van der Waals surface area contributed by atoms with Crippen molar-refractivity contribution in [3.63, 3.8) is 0 Å². The fourth-order valence-electron chi connectivity index (χ4n) is 3.60. The van der Waals surface area contributed by atoms with Gasteiger partial charge in [0.2, 0.25) is 0 Å². The lowest BCUT2D eigenvalue weighted by Gasteiger charge is -2.09. The van der Waals surface area contributed by atoms with Gasteiger partial charge in [-0.2, -0.15) is 4.68 Å². The van der Waals surface area contributed by atoms with Gasteiger partial charge in [0.25, 0.3) is 0 Å². The van der Waals surface area contributed by atoms with Crippen LogP contribution in [0.2, 0.25) is 0 Å². The quantitative estimate of drug-likeness (QED) is 0.456. The highest BCUT2D eigenvalue weighted by Crippen LogP contribution is 2.24. The second kappa shape index (κ2) is 9.19. The molecule has 0 radical (unpaired) electrons. The molecule has 0 saturated heterocycles. The normalized spacial score (nSPS) is 10.6. The van der Waals surface area contributed by atoms with Crippen LogP contribution < -0.4 is 5.69 Å². The minimum Gasteiger partial charge on any atom is -0.478 e. The molecule has 0 atom stereocenters. The standard InChI is InChI=1S/C26H21N3O3/c1-2-3-13-24-27-29(21-9-5-4-6-10-21)26(32)28(24)18-19-14-16-20(17-15-19)22-11-7-8-12-23(22)25(30)31/h1,4-12,14-17H,3,13,18H2,(H,30,31). The van der Waals surface area contributed by atoms with Crippen molar-refractivity contribution in [1.29, 1.82) is 0 Å². The van der Waals surface area contributed by atoms with Gasteiger partial charge in [0.05, 0.1) is 17.8 Å². The number of aryl methyl sites for hydroxylation is 1. The minimum atomic E-state index is -0.970. The molecule has 4 rings (SSSR count). The zero-order valence-electron chi connectivity index (χ0n) is 17.3. The summed E-state index contributed by atoms with van der Waals surface area (Å²) in [7, 11) is 0. The number of hydrogen-bond acceptors (Lipinski definition) is 3. The lowest BCUT2D eigenvalue weighted by Crippen LogP contribution is -2.25. The Hall–Kier alpha value is -4.37. The van der Waals surface area contributed by atoms with Crippen molar-refractivity contribution in [3.05, 3.63) is 106 Å². The molecule has 4 aromatic rings. The topological polar surface area (TPSA) is 77.1 Å². The van der Waals surface area contributed by atoms with Crippen LogP contribution >= 0.6 is 0 Å². The highest BCUT2D eigenvalue weighted by molar-refractivity contribution is 5.95. The third-order valence-electron chi connectivity index (χ3n) is 5.20. The van der Waals surface area contributed by atoms with Gasteiger partial charge in [0, 0.05) is 12.8 Å². The highest BCUT2D eigenvalue weighted by atomic mass is 16.4. The van der Waals surface area contributed by atoms with Crippen LogP contribution in [-0.4, -0.2) is 25.4 Å². The number of benzene rings is 3. The molecule has 32 heavy (non-hydrogen) atoms. The first-order chi connectivity index (χ1) is 15.6. The molecule has 1 heterocycles. The number of para-hydroxylation sites is 1. The van der Waals surface area contributed by atoms with Crippen molar-refractivity contribution in [2.75, 3.05) is 0 Å². The first-order valence-electron chi connectivity index (χ1n) is 10.2. The Morgan fingerprint density at radius 1 is 0.969 bits per heavy atom. The smallest absolute Gasteiger partial charge is 0.351 e. The van der Waals surface area contributed by atoms with E-state index in [9.17, 15) is 14.7 Å². The van der Waals surface area contributed by atoms with E-state index in [4.69, 9.17) is 6.42 Å². The Labute approximate surface area is 185 Å². The number of carboxylic acids is 1. The zero-order chi connectivity index (χ0) is 22.5. The van der Waals surface area contributed by atoms with Gasteiger partial charge in [-0.3, -0.25) is 4.57 Å². The van der Waals surface area contributed by atoms with E-state index in [0.717, 1.165) is 11.1 Å². The maximum atomic E-state index is 13.1. The Morgan fingerprint density at radius 3 is 2.34 bits per heavy atom. The van der Waals surface area contributed by atoms with Gasteiger partial charge in [-0.15, -0.1) is 17.4 Å². The van der Waals surface area contributed by atoms with E-state index in [1.807, 2.05) is 60.7 Å². The average molecular weight is 423 g/mol. The van der Waals surface area contributed by atoms with Gasteiger partial charge in [-0.1, -0.05) is 60.7 Å². The van der Waals surface area contributed by atoms with E-state index in [1.54, 1.807) is 22.8 Å². The summed E-state index contributed by atoms with van der Waals surface area (Å²) in [6.07, 6.45) is 6.40. The Kier molecular flexibility index (Phi) is 6.00.